The lowest BCUT2D eigenvalue weighted by atomic mass is 10.2. The maximum Gasteiger partial charge on any atom is 0.244 e. The van der Waals surface area contributed by atoms with E-state index in [4.69, 9.17) is 21.1 Å². The fraction of sp³-hybridized carbons (Fsp3) is 0.208. The molecule has 1 aromatic heterocycles. The van der Waals surface area contributed by atoms with Crippen molar-refractivity contribution in [2.24, 2.45) is 0 Å². The molecule has 172 valence electrons. The molecule has 0 unspecified atom stereocenters. The third-order valence-electron chi connectivity index (χ3n) is 4.49. The molecule has 7 nitrogen and oxygen atoms in total. The molecule has 9 heteroatoms. The Morgan fingerprint density at radius 3 is 2.67 bits per heavy atom. The number of carbonyl (C=O) groups excluding carboxylic acids is 1. The fourth-order valence-corrected chi connectivity index (χ4v) is 3.82. The van der Waals surface area contributed by atoms with Gasteiger partial charge in [0.15, 0.2) is 11.0 Å². The molecule has 0 aliphatic rings. The summed E-state index contributed by atoms with van der Waals surface area (Å²) in [6.45, 7) is 5.10. The Bertz CT molecular complexity index is 1100. The summed E-state index contributed by atoms with van der Waals surface area (Å²) < 4.78 is 12.8. The molecule has 0 saturated heterocycles. The number of ether oxygens (including phenoxy) is 2. The van der Waals surface area contributed by atoms with Crippen LogP contribution >= 0.6 is 23.4 Å². The van der Waals surface area contributed by atoms with Gasteiger partial charge < -0.3 is 19.4 Å². The summed E-state index contributed by atoms with van der Waals surface area (Å²) in [5.41, 5.74) is 0.777. The second-order valence-corrected chi connectivity index (χ2v) is 8.21. The second-order valence-electron chi connectivity index (χ2n) is 6.74. The minimum atomic E-state index is -0.245. The quantitative estimate of drug-likeness (QED) is 0.175. The van der Waals surface area contributed by atoms with Gasteiger partial charge in [0.05, 0.1) is 20.3 Å². The number of nitrogens with one attached hydrogen (secondary N) is 1. The zero-order valence-electron chi connectivity index (χ0n) is 18.2. The Morgan fingerprint density at radius 2 is 1.94 bits per heavy atom. The first-order chi connectivity index (χ1) is 16.1. The molecule has 1 heterocycles. The molecule has 1 amide bonds. The van der Waals surface area contributed by atoms with Crippen LogP contribution in [0.5, 0.6) is 11.5 Å². The number of hydrogen-bond acceptors (Lipinski definition) is 6. The molecule has 0 saturated carbocycles. The molecular formula is C24H25ClN4O3S. The van der Waals surface area contributed by atoms with Crippen LogP contribution in [0.1, 0.15) is 11.4 Å². The van der Waals surface area contributed by atoms with Crippen LogP contribution in [0.2, 0.25) is 5.02 Å². The Morgan fingerprint density at radius 1 is 1.18 bits per heavy atom. The van der Waals surface area contributed by atoms with Gasteiger partial charge in [-0.2, -0.15) is 0 Å². The van der Waals surface area contributed by atoms with Gasteiger partial charge in [-0.25, -0.2) is 0 Å². The van der Waals surface area contributed by atoms with Crippen LogP contribution in [0.15, 0.2) is 72.4 Å². The highest BCUT2D eigenvalue weighted by atomic mass is 35.5. The zero-order chi connectivity index (χ0) is 23.5. The van der Waals surface area contributed by atoms with Crippen molar-refractivity contribution in [2.75, 3.05) is 19.5 Å². The molecule has 3 rings (SSSR count). The number of nitrogens with zero attached hydrogens (tertiary/aromatic N) is 3. The number of halogens is 1. The molecule has 0 spiro atoms. The van der Waals surface area contributed by atoms with Crippen LogP contribution in [0, 0.1) is 0 Å². The van der Waals surface area contributed by atoms with Gasteiger partial charge in [-0.05, 0) is 42.0 Å². The number of aromatic nitrogens is 3. The Hall–Kier alpha value is -3.23. The summed E-state index contributed by atoms with van der Waals surface area (Å²) in [5, 5.41) is 12.6. The standard InChI is InChI=1S/C24H25ClN4O3S/c1-3-14-29-22(17-26-23(30)13-8-18-6-4-5-7-21(18)25)27-28-24(29)33-16-15-32-20-11-9-19(31-2)10-12-20/h3-13H,1,14-17H2,2H3,(H,26,30). The second kappa shape index (κ2) is 12.7. The number of amides is 1. The van der Waals surface area contributed by atoms with Gasteiger partial charge >= 0.3 is 0 Å². The van der Waals surface area contributed by atoms with Crippen molar-refractivity contribution >= 4 is 35.3 Å². The summed E-state index contributed by atoms with van der Waals surface area (Å²) in [5.74, 6) is 2.65. The van der Waals surface area contributed by atoms with E-state index in [1.165, 1.54) is 17.8 Å². The third kappa shape index (κ3) is 7.40. The number of benzene rings is 2. The smallest absolute Gasteiger partial charge is 0.244 e. The van der Waals surface area contributed by atoms with E-state index in [0.717, 1.165) is 22.2 Å². The first-order valence-corrected chi connectivity index (χ1v) is 11.6. The number of methoxy groups -OCH3 is 1. The molecule has 0 aliphatic heterocycles. The average molecular weight is 485 g/mol. The van der Waals surface area contributed by atoms with Crippen molar-refractivity contribution in [2.45, 2.75) is 18.2 Å². The summed E-state index contributed by atoms with van der Waals surface area (Å²) in [6.07, 6.45) is 4.89. The monoisotopic (exact) mass is 484 g/mol. The lowest BCUT2D eigenvalue weighted by molar-refractivity contribution is -0.116. The first-order valence-electron chi connectivity index (χ1n) is 10.2. The van der Waals surface area contributed by atoms with Crippen LogP contribution in [-0.4, -0.2) is 40.1 Å². The summed E-state index contributed by atoms with van der Waals surface area (Å²) in [4.78, 5) is 12.2. The molecule has 0 fully saturated rings. The van der Waals surface area contributed by atoms with Crippen LogP contribution < -0.4 is 14.8 Å². The van der Waals surface area contributed by atoms with Crippen LogP contribution in [-0.2, 0) is 17.9 Å². The molecular weight excluding hydrogens is 460 g/mol. The van der Waals surface area contributed by atoms with Crippen molar-refractivity contribution in [3.05, 3.63) is 83.7 Å². The fourth-order valence-electron chi connectivity index (χ4n) is 2.83. The topological polar surface area (TPSA) is 78.3 Å². The lowest BCUT2D eigenvalue weighted by Gasteiger charge is -2.09. The van der Waals surface area contributed by atoms with Gasteiger partial charge in [0.25, 0.3) is 0 Å². The summed E-state index contributed by atoms with van der Waals surface area (Å²) in [7, 11) is 1.63. The minimum Gasteiger partial charge on any atom is -0.497 e. The molecule has 0 atom stereocenters. The summed E-state index contributed by atoms with van der Waals surface area (Å²) >= 11 is 7.64. The van der Waals surface area contributed by atoms with Crippen LogP contribution in [0.25, 0.3) is 6.08 Å². The van der Waals surface area contributed by atoms with Gasteiger partial charge in [0.1, 0.15) is 11.5 Å². The Kier molecular flexibility index (Phi) is 9.41. The van der Waals surface area contributed by atoms with Crippen LogP contribution in [0.3, 0.4) is 0 Å². The zero-order valence-corrected chi connectivity index (χ0v) is 19.8. The molecule has 1 N–H and O–H groups in total. The molecule has 0 bridgehead atoms. The van der Waals surface area contributed by atoms with Crippen LogP contribution in [0.4, 0.5) is 0 Å². The van der Waals surface area contributed by atoms with Gasteiger partial charge in [0, 0.05) is 23.4 Å². The third-order valence-corrected chi connectivity index (χ3v) is 5.76. The predicted molar refractivity (Wildman–Crippen MR) is 132 cm³/mol. The minimum absolute atomic E-state index is 0.245. The lowest BCUT2D eigenvalue weighted by Crippen LogP contribution is -2.22. The van der Waals surface area contributed by atoms with E-state index in [1.54, 1.807) is 25.3 Å². The highest BCUT2D eigenvalue weighted by Crippen LogP contribution is 2.20. The van der Waals surface area contributed by atoms with E-state index in [-0.39, 0.29) is 12.5 Å². The van der Waals surface area contributed by atoms with E-state index in [9.17, 15) is 4.79 Å². The van der Waals surface area contributed by atoms with Crippen molar-refractivity contribution in [1.82, 2.24) is 20.1 Å². The Balaban J connectivity index is 1.51. The number of carbonyl (C=O) groups is 1. The average Bonchev–Trinajstić information content (AvgIpc) is 3.22. The van der Waals surface area contributed by atoms with Crippen molar-refractivity contribution in [1.29, 1.82) is 0 Å². The number of rotatable bonds is 12. The van der Waals surface area contributed by atoms with Gasteiger partial charge in [-0.1, -0.05) is 47.6 Å². The summed E-state index contributed by atoms with van der Waals surface area (Å²) in [6, 6.07) is 14.8. The van der Waals surface area contributed by atoms with E-state index in [2.05, 4.69) is 22.1 Å². The van der Waals surface area contributed by atoms with Crippen molar-refractivity contribution < 1.29 is 14.3 Å². The molecule has 0 aliphatic carbocycles. The number of hydrogen-bond donors (Lipinski definition) is 1. The highest BCUT2D eigenvalue weighted by molar-refractivity contribution is 7.99. The van der Waals surface area contributed by atoms with Gasteiger partial charge in [0.2, 0.25) is 5.91 Å². The Labute approximate surface area is 202 Å². The van der Waals surface area contributed by atoms with Crippen molar-refractivity contribution in [3.63, 3.8) is 0 Å². The SMILES string of the molecule is C=CCn1c(CNC(=O)C=Cc2ccccc2Cl)nnc1SCCOc1ccc(OC)cc1. The van der Waals surface area contributed by atoms with E-state index in [1.807, 2.05) is 47.0 Å². The van der Waals surface area contributed by atoms with E-state index in [0.29, 0.717) is 29.8 Å². The normalized spacial score (nSPS) is 10.8. The number of thioether (sulfide) groups is 1. The van der Waals surface area contributed by atoms with Gasteiger partial charge in [-0.15, -0.1) is 16.8 Å². The van der Waals surface area contributed by atoms with Crippen molar-refractivity contribution in [3.8, 4) is 11.5 Å². The van der Waals surface area contributed by atoms with E-state index >= 15 is 0 Å². The maximum atomic E-state index is 12.2. The molecule has 33 heavy (non-hydrogen) atoms. The molecule has 0 radical (unpaired) electrons. The predicted octanol–water partition coefficient (Wildman–Crippen LogP) is 4.63. The van der Waals surface area contributed by atoms with E-state index < -0.39 is 0 Å². The first kappa shape index (κ1) is 24.4. The maximum absolute atomic E-state index is 12.2. The highest BCUT2D eigenvalue weighted by Gasteiger charge is 2.12. The largest absolute Gasteiger partial charge is 0.497 e. The van der Waals surface area contributed by atoms with Gasteiger partial charge in [-0.3, -0.25) is 4.79 Å². The molecule has 3 aromatic rings. The number of allylic oxidation sites excluding steroid dienone is 1. The molecule has 2 aromatic carbocycles.